The third-order valence-electron chi connectivity index (χ3n) is 4.37. The highest BCUT2D eigenvalue weighted by atomic mass is 79.9. The topological polar surface area (TPSA) is 46.2 Å². The minimum absolute atomic E-state index is 0.0829. The van der Waals surface area contributed by atoms with Gasteiger partial charge in [0.25, 0.3) is 0 Å². The molecule has 0 spiro atoms. The van der Waals surface area contributed by atoms with E-state index in [4.69, 9.17) is 11.6 Å². The Balaban J connectivity index is 2.27. The van der Waals surface area contributed by atoms with Crippen LogP contribution in [0.5, 0.6) is 0 Å². The van der Waals surface area contributed by atoms with E-state index in [0.29, 0.717) is 11.4 Å². The average Bonchev–Trinajstić information content (AvgIpc) is 2.44. The van der Waals surface area contributed by atoms with Gasteiger partial charge in [-0.1, -0.05) is 30.2 Å². The standard InChI is InChI=1S/C15H21BrClNO2S/c1-18-15(12-7-4-8-13(16)14(12)17)10-5-3-6-11(9-10)21(2,19)20/h4,7-8,10-11,15,18H,3,5-6,9H2,1-2H3. The van der Waals surface area contributed by atoms with Crippen molar-refractivity contribution in [3.63, 3.8) is 0 Å². The molecule has 0 bridgehead atoms. The number of sulfone groups is 1. The molecule has 1 aromatic carbocycles. The Labute approximate surface area is 140 Å². The van der Waals surface area contributed by atoms with Gasteiger partial charge in [0, 0.05) is 16.8 Å². The molecule has 2 rings (SSSR count). The van der Waals surface area contributed by atoms with Gasteiger partial charge in [-0.3, -0.25) is 0 Å². The lowest BCUT2D eigenvalue weighted by Gasteiger charge is -2.34. The molecule has 3 atom stereocenters. The van der Waals surface area contributed by atoms with Crippen LogP contribution in [0.25, 0.3) is 0 Å². The van der Waals surface area contributed by atoms with Crippen molar-refractivity contribution >= 4 is 37.4 Å². The van der Waals surface area contributed by atoms with Crippen LogP contribution in [0.15, 0.2) is 22.7 Å². The van der Waals surface area contributed by atoms with Crippen molar-refractivity contribution in [1.29, 1.82) is 0 Å². The molecule has 0 amide bonds. The summed E-state index contributed by atoms with van der Waals surface area (Å²) in [6.45, 7) is 0. The van der Waals surface area contributed by atoms with E-state index in [1.807, 2.05) is 25.2 Å². The van der Waals surface area contributed by atoms with Gasteiger partial charge in [-0.2, -0.15) is 0 Å². The van der Waals surface area contributed by atoms with Gasteiger partial charge in [0.15, 0.2) is 0 Å². The maximum atomic E-state index is 11.8. The van der Waals surface area contributed by atoms with E-state index in [1.54, 1.807) is 0 Å². The molecular formula is C15H21BrClNO2S. The Kier molecular flexibility index (Phi) is 5.74. The highest BCUT2D eigenvalue weighted by Crippen LogP contribution is 2.40. The summed E-state index contributed by atoms with van der Waals surface area (Å²) in [5.74, 6) is 0.287. The molecule has 6 heteroatoms. The van der Waals surface area contributed by atoms with Gasteiger partial charge >= 0.3 is 0 Å². The SMILES string of the molecule is CNC(c1cccc(Br)c1Cl)C1CCCC(S(C)(=O)=O)C1. The summed E-state index contributed by atoms with van der Waals surface area (Å²) in [6.07, 6.45) is 4.80. The second-order valence-electron chi connectivity index (χ2n) is 5.79. The molecule has 1 N–H and O–H groups in total. The summed E-state index contributed by atoms with van der Waals surface area (Å²) in [6, 6.07) is 5.98. The summed E-state index contributed by atoms with van der Waals surface area (Å²) in [4.78, 5) is 0. The summed E-state index contributed by atoms with van der Waals surface area (Å²) in [7, 11) is -1.06. The van der Waals surface area contributed by atoms with Crippen LogP contribution >= 0.6 is 27.5 Å². The Morgan fingerprint density at radius 1 is 1.38 bits per heavy atom. The molecule has 1 fully saturated rings. The van der Waals surface area contributed by atoms with E-state index in [-0.39, 0.29) is 17.2 Å². The normalized spacial score (nSPS) is 24.8. The van der Waals surface area contributed by atoms with Crippen molar-refractivity contribution in [2.75, 3.05) is 13.3 Å². The Morgan fingerprint density at radius 2 is 2.10 bits per heavy atom. The highest BCUT2D eigenvalue weighted by molar-refractivity contribution is 9.10. The first-order chi connectivity index (χ1) is 9.84. The third kappa shape index (κ3) is 4.01. The maximum absolute atomic E-state index is 11.8. The quantitative estimate of drug-likeness (QED) is 0.840. The molecule has 1 aliphatic carbocycles. The zero-order valence-corrected chi connectivity index (χ0v) is 15.4. The molecule has 3 nitrogen and oxygen atoms in total. The number of rotatable bonds is 4. The number of benzene rings is 1. The largest absolute Gasteiger partial charge is 0.313 e. The fourth-order valence-corrected chi connectivity index (χ4v) is 5.10. The van der Waals surface area contributed by atoms with Crippen LogP contribution in [0.1, 0.15) is 37.3 Å². The van der Waals surface area contributed by atoms with E-state index < -0.39 is 9.84 Å². The van der Waals surface area contributed by atoms with Crippen molar-refractivity contribution in [3.8, 4) is 0 Å². The molecule has 118 valence electrons. The Bertz CT molecular complexity index is 606. The molecule has 21 heavy (non-hydrogen) atoms. The van der Waals surface area contributed by atoms with Gasteiger partial charge in [0.2, 0.25) is 0 Å². The first-order valence-electron chi connectivity index (χ1n) is 7.14. The summed E-state index contributed by atoms with van der Waals surface area (Å²) >= 11 is 9.86. The average molecular weight is 395 g/mol. The zero-order valence-electron chi connectivity index (χ0n) is 12.3. The monoisotopic (exact) mass is 393 g/mol. The molecule has 1 aliphatic rings. The van der Waals surface area contributed by atoms with Crippen LogP contribution in [-0.4, -0.2) is 27.0 Å². The first kappa shape index (κ1) is 17.3. The molecular weight excluding hydrogens is 374 g/mol. The Morgan fingerprint density at radius 3 is 2.71 bits per heavy atom. The van der Waals surface area contributed by atoms with E-state index in [0.717, 1.165) is 29.3 Å². The van der Waals surface area contributed by atoms with Gasteiger partial charge in [0.1, 0.15) is 9.84 Å². The lowest BCUT2D eigenvalue weighted by molar-refractivity contribution is 0.282. The van der Waals surface area contributed by atoms with Crippen LogP contribution in [0.3, 0.4) is 0 Å². The fourth-order valence-electron chi connectivity index (χ4n) is 3.28. The molecule has 3 unspecified atom stereocenters. The second-order valence-corrected chi connectivity index (χ2v) is 9.35. The number of halogens is 2. The third-order valence-corrected chi connectivity index (χ3v) is 7.32. The fraction of sp³-hybridized carbons (Fsp3) is 0.600. The lowest BCUT2D eigenvalue weighted by Crippen LogP contribution is -2.34. The van der Waals surface area contributed by atoms with E-state index in [1.165, 1.54) is 6.26 Å². The van der Waals surface area contributed by atoms with E-state index in [9.17, 15) is 8.42 Å². The summed E-state index contributed by atoms with van der Waals surface area (Å²) in [5.41, 5.74) is 1.03. The summed E-state index contributed by atoms with van der Waals surface area (Å²) in [5, 5.41) is 3.81. The van der Waals surface area contributed by atoms with Crippen molar-refractivity contribution in [2.24, 2.45) is 5.92 Å². The number of hydrogen-bond acceptors (Lipinski definition) is 3. The van der Waals surface area contributed by atoms with Crippen molar-refractivity contribution in [1.82, 2.24) is 5.32 Å². The maximum Gasteiger partial charge on any atom is 0.150 e. The van der Waals surface area contributed by atoms with E-state index >= 15 is 0 Å². The molecule has 1 aromatic rings. The summed E-state index contributed by atoms with van der Waals surface area (Å²) < 4.78 is 24.6. The predicted octanol–water partition coefficient (Wildman–Crippen LogP) is 3.97. The van der Waals surface area contributed by atoms with Gasteiger partial charge in [-0.05, 0) is 59.8 Å². The van der Waals surface area contributed by atoms with Crippen molar-refractivity contribution < 1.29 is 8.42 Å². The van der Waals surface area contributed by atoms with Crippen molar-refractivity contribution in [3.05, 3.63) is 33.3 Å². The predicted molar refractivity (Wildman–Crippen MR) is 91.5 cm³/mol. The van der Waals surface area contributed by atoms with Crippen LogP contribution in [0, 0.1) is 5.92 Å². The lowest BCUT2D eigenvalue weighted by atomic mass is 9.81. The second kappa shape index (κ2) is 6.99. The van der Waals surface area contributed by atoms with Gasteiger partial charge in [0.05, 0.1) is 10.3 Å². The van der Waals surface area contributed by atoms with Gasteiger partial charge in [-0.25, -0.2) is 8.42 Å². The molecule has 0 saturated heterocycles. The van der Waals surface area contributed by atoms with Gasteiger partial charge in [-0.15, -0.1) is 0 Å². The van der Waals surface area contributed by atoms with Crippen LogP contribution in [-0.2, 0) is 9.84 Å². The smallest absolute Gasteiger partial charge is 0.150 e. The first-order valence-corrected chi connectivity index (χ1v) is 10.3. The van der Waals surface area contributed by atoms with Crippen molar-refractivity contribution in [2.45, 2.75) is 37.0 Å². The van der Waals surface area contributed by atoms with Crippen LogP contribution in [0.4, 0.5) is 0 Å². The molecule has 1 saturated carbocycles. The molecule has 0 aromatic heterocycles. The highest BCUT2D eigenvalue weighted by Gasteiger charge is 2.33. The minimum Gasteiger partial charge on any atom is -0.313 e. The zero-order chi connectivity index (χ0) is 15.6. The molecule has 0 heterocycles. The molecule has 0 aliphatic heterocycles. The van der Waals surface area contributed by atoms with Crippen LogP contribution < -0.4 is 5.32 Å². The minimum atomic E-state index is -2.97. The number of nitrogens with one attached hydrogen (secondary N) is 1. The Hall–Kier alpha value is -0.100. The molecule has 0 radical (unpaired) electrons. The number of hydrogen-bond donors (Lipinski definition) is 1. The van der Waals surface area contributed by atoms with E-state index in [2.05, 4.69) is 21.2 Å². The van der Waals surface area contributed by atoms with Crippen LogP contribution in [0.2, 0.25) is 5.02 Å². The van der Waals surface area contributed by atoms with Gasteiger partial charge < -0.3 is 5.32 Å².